The van der Waals surface area contributed by atoms with Gasteiger partial charge in [0.05, 0.1) is 16.8 Å². The lowest BCUT2D eigenvalue weighted by Crippen LogP contribution is -2.09. The number of nitrogens with zero attached hydrogens (tertiary/aromatic N) is 2. The highest BCUT2D eigenvalue weighted by Gasteiger charge is 2.34. The third-order valence-electron chi connectivity index (χ3n) is 2.96. The second kappa shape index (κ2) is 4.66. The Morgan fingerprint density at radius 3 is 2.67 bits per heavy atom. The van der Waals surface area contributed by atoms with Crippen molar-refractivity contribution >= 4 is 23.4 Å². The average molecular weight is 313 g/mol. The summed E-state index contributed by atoms with van der Waals surface area (Å²) in [6.07, 6.45) is -3.28. The molecule has 0 amide bonds. The van der Waals surface area contributed by atoms with E-state index in [0.717, 1.165) is 6.07 Å². The molecule has 0 radical (unpaired) electrons. The summed E-state index contributed by atoms with van der Waals surface area (Å²) in [6.45, 7) is 0. The molecule has 0 atom stereocenters. The van der Waals surface area contributed by atoms with E-state index in [-0.39, 0.29) is 10.5 Å². The van der Waals surface area contributed by atoms with Crippen molar-refractivity contribution in [3.63, 3.8) is 0 Å². The Morgan fingerprint density at radius 1 is 1.19 bits per heavy atom. The van der Waals surface area contributed by atoms with E-state index in [1.165, 1.54) is 16.8 Å². The average Bonchev–Trinajstić information content (AvgIpc) is 2.74. The van der Waals surface area contributed by atoms with E-state index in [4.69, 9.17) is 12.2 Å². The SMILES string of the molecule is Fc1ccc(-n2c(=S)[nH]c3cccnc32)cc1C(F)(F)F. The van der Waals surface area contributed by atoms with Gasteiger partial charge in [0.2, 0.25) is 0 Å². The van der Waals surface area contributed by atoms with Gasteiger partial charge in [-0.1, -0.05) is 0 Å². The zero-order chi connectivity index (χ0) is 15.2. The molecular weight excluding hydrogens is 306 g/mol. The Balaban J connectivity index is 2.29. The summed E-state index contributed by atoms with van der Waals surface area (Å²) in [5.74, 6) is -1.33. The Morgan fingerprint density at radius 2 is 1.95 bits per heavy atom. The van der Waals surface area contributed by atoms with Gasteiger partial charge in [0.25, 0.3) is 0 Å². The summed E-state index contributed by atoms with van der Waals surface area (Å²) in [5, 5.41) is 0. The van der Waals surface area contributed by atoms with E-state index in [9.17, 15) is 17.6 Å². The van der Waals surface area contributed by atoms with Crippen LogP contribution in [0.3, 0.4) is 0 Å². The molecule has 21 heavy (non-hydrogen) atoms. The number of H-pyrrole nitrogens is 1. The minimum Gasteiger partial charge on any atom is -0.329 e. The van der Waals surface area contributed by atoms with Gasteiger partial charge in [-0.3, -0.25) is 4.57 Å². The van der Waals surface area contributed by atoms with Crippen LogP contribution in [0.2, 0.25) is 0 Å². The molecule has 108 valence electrons. The highest BCUT2D eigenvalue weighted by atomic mass is 32.1. The first-order chi connectivity index (χ1) is 9.88. The van der Waals surface area contributed by atoms with Gasteiger partial charge in [-0.05, 0) is 42.5 Å². The van der Waals surface area contributed by atoms with Crippen molar-refractivity contribution in [1.29, 1.82) is 0 Å². The third kappa shape index (κ3) is 2.31. The monoisotopic (exact) mass is 313 g/mol. The van der Waals surface area contributed by atoms with Crippen LogP contribution in [-0.4, -0.2) is 14.5 Å². The molecule has 3 aromatic rings. The minimum absolute atomic E-state index is 0.0960. The molecule has 1 N–H and O–H groups in total. The summed E-state index contributed by atoms with van der Waals surface area (Å²) < 4.78 is 53.2. The standard InChI is InChI=1S/C13H7F4N3S/c14-9-4-3-7(6-8(9)13(15,16)17)20-11-10(19-12(20)21)2-1-5-18-11/h1-6H,(H,19,21). The Hall–Kier alpha value is -2.22. The number of hydrogen-bond acceptors (Lipinski definition) is 2. The van der Waals surface area contributed by atoms with Gasteiger partial charge >= 0.3 is 6.18 Å². The fourth-order valence-electron chi connectivity index (χ4n) is 2.05. The highest BCUT2D eigenvalue weighted by molar-refractivity contribution is 7.71. The normalized spacial score (nSPS) is 12.0. The van der Waals surface area contributed by atoms with Crippen LogP contribution in [0.5, 0.6) is 0 Å². The predicted octanol–water partition coefficient (Wildman–Crippen LogP) is 4.24. The van der Waals surface area contributed by atoms with Crippen LogP contribution in [0.25, 0.3) is 16.9 Å². The molecule has 0 bridgehead atoms. The molecular formula is C13H7F4N3S. The molecule has 1 aromatic carbocycles. The van der Waals surface area contributed by atoms with Crippen molar-refractivity contribution in [2.24, 2.45) is 0 Å². The molecule has 0 unspecified atom stereocenters. The number of halogens is 4. The number of aromatic amines is 1. The zero-order valence-corrected chi connectivity index (χ0v) is 11.1. The second-order valence-electron chi connectivity index (χ2n) is 4.30. The number of aromatic nitrogens is 3. The van der Waals surface area contributed by atoms with Crippen LogP contribution >= 0.6 is 12.2 Å². The maximum atomic E-state index is 13.3. The molecule has 3 rings (SSSR count). The number of benzene rings is 1. The molecule has 0 aliphatic carbocycles. The van der Waals surface area contributed by atoms with E-state index in [0.29, 0.717) is 17.2 Å². The fraction of sp³-hybridized carbons (Fsp3) is 0.0769. The molecule has 3 nitrogen and oxygen atoms in total. The van der Waals surface area contributed by atoms with Crippen LogP contribution in [0.15, 0.2) is 36.5 Å². The smallest absolute Gasteiger partial charge is 0.329 e. The summed E-state index contributed by atoms with van der Waals surface area (Å²) in [5.41, 5.74) is -0.284. The van der Waals surface area contributed by atoms with Crippen molar-refractivity contribution in [2.45, 2.75) is 6.18 Å². The summed E-state index contributed by atoms with van der Waals surface area (Å²) >= 11 is 5.10. The first-order valence-corrected chi connectivity index (χ1v) is 6.21. The zero-order valence-electron chi connectivity index (χ0n) is 10.3. The number of imidazole rings is 1. The molecule has 0 saturated carbocycles. The van der Waals surface area contributed by atoms with Crippen molar-refractivity contribution in [3.05, 3.63) is 52.7 Å². The van der Waals surface area contributed by atoms with Gasteiger partial charge in [-0.2, -0.15) is 13.2 Å². The van der Waals surface area contributed by atoms with Gasteiger partial charge in [0.1, 0.15) is 5.82 Å². The maximum Gasteiger partial charge on any atom is 0.419 e. The summed E-state index contributed by atoms with van der Waals surface area (Å²) in [4.78, 5) is 6.92. The number of hydrogen-bond donors (Lipinski definition) is 1. The van der Waals surface area contributed by atoms with E-state index in [1.54, 1.807) is 12.1 Å². The van der Waals surface area contributed by atoms with E-state index in [1.807, 2.05) is 0 Å². The lowest BCUT2D eigenvalue weighted by atomic mass is 10.2. The van der Waals surface area contributed by atoms with E-state index < -0.39 is 17.6 Å². The van der Waals surface area contributed by atoms with Crippen LogP contribution in [-0.2, 0) is 6.18 Å². The van der Waals surface area contributed by atoms with Gasteiger partial charge in [0, 0.05) is 6.20 Å². The number of pyridine rings is 1. The Labute approximate surface area is 120 Å². The third-order valence-corrected chi connectivity index (χ3v) is 3.24. The second-order valence-corrected chi connectivity index (χ2v) is 4.69. The van der Waals surface area contributed by atoms with E-state index >= 15 is 0 Å². The first kappa shape index (κ1) is 13.7. The summed E-state index contributed by atoms with van der Waals surface area (Å²) in [6, 6.07) is 6.07. The largest absolute Gasteiger partial charge is 0.419 e. The predicted molar refractivity (Wildman–Crippen MR) is 71.2 cm³/mol. The Kier molecular flexibility index (Phi) is 3.05. The topological polar surface area (TPSA) is 33.6 Å². The Bertz CT molecular complexity index is 879. The lowest BCUT2D eigenvalue weighted by Gasteiger charge is -2.11. The van der Waals surface area contributed by atoms with Gasteiger partial charge in [-0.25, -0.2) is 9.37 Å². The van der Waals surface area contributed by atoms with Crippen molar-refractivity contribution in [2.75, 3.05) is 0 Å². The van der Waals surface area contributed by atoms with Crippen LogP contribution < -0.4 is 0 Å². The number of rotatable bonds is 1. The number of nitrogens with one attached hydrogen (secondary N) is 1. The summed E-state index contributed by atoms with van der Waals surface area (Å²) in [7, 11) is 0. The van der Waals surface area contributed by atoms with Crippen LogP contribution in [0, 0.1) is 10.6 Å². The minimum atomic E-state index is -4.78. The molecule has 2 heterocycles. The van der Waals surface area contributed by atoms with Crippen molar-refractivity contribution < 1.29 is 17.6 Å². The molecule has 0 aliphatic heterocycles. The quantitative estimate of drug-likeness (QED) is 0.538. The van der Waals surface area contributed by atoms with Gasteiger partial charge in [0.15, 0.2) is 10.4 Å². The maximum absolute atomic E-state index is 13.3. The molecule has 0 spiro atoms. The lowest BCUT2D eigenvalue weighted by molar-refractivity contribution is -0.140. The fourth-order valence-corrected chi connectivity index (χ4v) is 2.35. The molecule has 0 fully saturated rings. The van der Waals surface area contributed by atoms with Crippen molar-refractivity contribution in [3.8, 4) is 5.69 Å². The molecule has 2 aromatic heterocycles. The van der Waals surface area contributed by atoms with E-state index in [2.05, 4.69) is 9.97 Å². The van der Waals surface area contributed by atoms with Gasteiger partial charge < -0.3 is 4.98 Å². The first-order valence-electron chi connectivity index (χ1n) is 5.81. The van der Waals surface area contributed by atoms with Crippen LogP contribution in [0.1, 0.15) is 5.56 Å². The molecule has 8 heteroatoms. The highest BCUT2D eigenvalue weighted by Crippen LogP contribution is 2.33. The molecule has 0 aliphatic rings. The molecule has 0 saturated heterocycles. The van der Waals surface area contributed by atoms with Crippen LogP contribution in [0.4, 0.5) is 17.6 Å². The number of alkyl halides is 3. The number of fused-ring (bicyclic) bond motifs is 1. The van der Waals surface area contributed by atoms with Gasteiger partial charge in [-0.15, -0.1) is 0 Å². The van der Waals surface area contributed by atoms with Crippen molar-refractivity contribution in [1.82, 2.24) is 14.5 Å².